The van der Waals surface area contributed by atoms with Crippen molar-refractivity contribution in [3.05, 3.63) is 11.3 Å². The van der Waals surface area contributed by atoms with Gasteiger partial charge >= 0.3 is 11.9 Å². The van der Waals surface area contributed by atoms with Crippen molar-refractivity contribution in [2.75, 3.05) is 0 Å². The standard InChI is InChI=1S/C14H20O6/c1-2-3-4-5-6-7-9(15)12-10(16)8-11(13(17)18)20-14(12)19/h11,15H,2-8H2,1H3,(H,17,18)/b12-9+/t11-/m1/s1. The average Bonchev–Trinajstić information content (AvgIpc) is 2.37. The number of ether oxygens (including phenoxy) is 1. The second-order valence-corrected chi connectivity index (χ2v) is 4.85. The number of carboxylic acid groups (broad SMARTS) is 1. The Hall–Kier alpha value is -1.85. The highest BCUT2D eigenvalue weighted by Crippen LogP contribution is 2.22. The maximum atomic E-state index is 11.7. The highest BCUT2D eigenvalue weighted by molar-refractivity contribution is 6.20. The predicted octanol–water partition coefficient (Wildman–Crippen LogP) is 2.13. The molecule has 0 spiro atoms. The summed E-state index contributed by atoms with van der Waals surface area (Å²) in [4.78, 5) is 34.0. The lowest BCUT2D eigenvalue weighted by molar-refractivity contribution is -0.166. The molecule has 1 atom stereocenters. The number of carboxylic acids is 1. The summed E-state index contributed by atoms with van der Waals surface area (Å²) in [7, 11) is 0. The third-order valence-corrected chi connectivity index (χ3v) is 3.18. The van der Waals surface area contributed by atoms with E-state index in [-0.39, 0.29) is 12.2 Å². The molecule has 0 aromatic heterocycles. The summed E-state index contributed by atoms with van der Waals surface area (Å²) in [5.74, 6) is -3.36. The molecule has 0 bridgehead atoms. The number of esters is 1. The number of hydrogen-bond donors (Lipinski definition) is 2. The van der Waals surface area contributed by atoms with Gasteiger partial charge in [-0.05, 0) is 6.42 Å². The topological polar surface area (TPSA) is 101 Å². The van der Waals surface area contributed by atoms with E-state index in [4.69, 9.17) is 5.11 Å². The number of aliphatic hydroxyl groups is 1. The summed E-state index contributed by atoms with van der Waals surface area (Å²) in [6, 6.07) is 0. The summed E-state index contributed by atoms with van der Waals surface area (Å²) in [6.45, 7) is 2.09. The van der Waals surface area contributed by atoms with E-state index in [0.717, 1.165) is 25.7 Å². The van der Waals surface area contributed by atoms with Gasteiger partial charge in [0.15, 0.2) is 5.78 Å². The molecule has 0 saturated carbocycles. The molecule has 0 unspecified atom stereocenters. The van der Waals surface area contributed by atoms with Crippen molar-refractivity contribution < 1.29 is 29.3 Å². The second kappa shape index (κ2) is 7.67. The van der Waals surface area contributed by atoms with Gasteiger partial charge in [0.1, 0.15) is 11.3 Å². The fourth-order valence-electron chi connectivity index (χ4n) is 2.05. The summed E-state index contributed by atoms with van der Waals surface area (Å²) in [5, 5.41) is 18.5. The van der Waals surface area contributed by atoms with Gasteiger partial charge in [-0.25, -0.2) is 9.59 Å². The fourth-order valence-corrected chi connectivity index (χ4v) is 2.05. The van der Waals surface area contributed by atoms with Crippen LogP contribution in [0.1, 0.15) is 51.9 Å². The first-order valence-corrected chi connectivity index (χ1v) is 6.86. The molecule has 6 nitrogen and oxygen atoms in total. The Morgan fingerprint density at radius 1 is 1.20 bits per heavy atom. The van der Waals surface area contributed by atoms with Crippen LogP contribution in [-0.4, -0.2) is 34.0 Å². The minimum absolute atomic E-state index is 0.234. The number of hydrogen-bond acceptors (Lipinski definition) is 5. The summed E-state index contributed by atoms with van der Waals surface area (Å²) < 4.78 is 4.62. The van der Waals surface area contributed by atoms with E-state index in [0.29, 0.717) is 6.42 Å². The second-order valence-electron chi connectivity index (χ2n) is 4.85. The van der Waals surface area contributed by atoms with Crippen LogP contribution >= 0.6 is 0 Å². The maximum Gasteiger partial charge on any atom is 0.346 e. The normalized spacial score (nSPS) is 21.6. The zero-order valence-corrected chi connectivity index (χ0v) is 11.6. The van der Waals surface area contributed by atoms with Crippen molar-refractivity contribution in [1.82, 2.24) is 0 Å². The van der Waals surface area contributed by atoms with Crippen molar-refractivity contribution in [1.29, 1.82) is 0 Å². The Bertz CT molecular complexity index is 403. The SMILES string of the molecule is CCCCCCC/C(O)=C1/C(=O)C[C@H](C(=O)O)OC1=O. The molecule has 1 heterocycles. The molecular weight excluding hydrogens is 264 g/mol. The molecule has 0 radical (unpaired) electrons. The minimum atomic E-state index is -1.45. The summed E-state index contributed by atoms with van der Waals surface area (Å²) in [5.41, 5.74) is -0.391. The maximum absolute atomic E-state index is 11.7. The van der Waals surface area contributed by atoms with Gasteiger partial charge in [0.25, 0.3) is 0 Å². The molecule has 1 aliphatic rings. The predicted molar refractivity (Wildman–Crippen MR) is 70.2 cm³/mol. The number of aliphatic hydroxyl groups excluding tert-OH is 1. The molecule has 6 heteroatoms. The quantitative estimate of drug-likeness (QED) is 0.244. The lowest BCUT2D eigenvalue weighted by Crippen LogP contribution is -2.37. The van der Waals surface area contributed by atoms with E-state index in [9.17, 15) is 19.5 Å². The fraction of sp³-hybridized carbons (Fsp3) is 0.643. The molecule has 1 saturated heterocycles. The van der Waals surface area contributed by atoms with Crippen LogP contribution < -0.4 is 0 Å². The first kappa shape index (κ1) is 16.2. The van der Waals surface area contributed by atoms with Crippen molar-refractivity contribution in [2.24, 2.45) is 0 Å². The highest BCUT2D eigenvalue weighted by atomic mass is 16.6. The van der Waals surface area contributed by atoms with Crippen molar-refractivity contribution in [2.45, 2.75) is 58.0 Å². The lowest BCUT2D eigenvalue weighted by Gasteiger charge is -2.20. The highest BCUT2D eigenvalue weighted by Gasteiger charge is 2.38. The van der Waals surface area contributed by atoms with Gasteiger partial charge in [-0.15, -0.1) is 0 Å². The van der Waals surface area contributed by atoms with Crippen LogP contribution in [0.2, 0.25) is 0 Å². The number of rotatable bonds is 7. The largest absolute Gasteiger partial charge is 0.511 e. The molecule has 0 aromatic rings. The van der Waals surface area contributed by atoms with Gasteiger partial charge in [0, 0.05) is 6.42 Å². The third kappa shape index (κ3) is 4.36. The Morgan fingerprint density at radius 3 is 2.40 bits per heavy atom. The minimum Gasteiger partial charge on any atom is -0.511 e. The molecule has 0 aromatic carbocycles. The summed E-state index contributed by atoms with van der Waals surface area (Å²) >= 11 is 0. The average molecular weight is 284 g/mol. The van der Waals surface area contributed by atoms with Crippen molar-refractivity contribution >= 4 is 17.7 Å². The van der Waals surface area contributed by atoms with E-state index in [1.54, 1.807) is 0 Å². The van der Waals surface area contributed by atoms with Crippen LogP contribution in [0.3, 0.4) is 0 Å². The van der Waals surface area contributed by atoms with Crippen LogP contribution in [0, 0.1) is 0 Å². The molecule has 2 N–H and O–H groups in total. The number of unbranched alkanes of at least 4 members (excludes halogenated alkanes) is 4. The first-order valence-electron chi connectivity index (χ1n) is 6.86. The number of ketones is 1. The lowest BCUT2D eigenvalue weighted by atomic mass is 9.98. The van der Waals surface area contributed by atoms with E-state index in [1.165, 1.54) is 0 Å². The molecule has 1 aliphatic heterocycles. The van der Waals surface area contributed by atoms with E-state index in [2.05, 4.69) is 11.7 Å². The van der Waals surface area contributed by atoms with Crippen molar-refractivity contribution in [3.8, 4) is 0 Å². The molecule has 0 amide bonds. The Labute approximate surface area is 117 Å². The molecule has 1 rings (SSSR count). The van der Waals surface area contributed by atoms with Gasteiger partial charge in [0.05, 0.1) is 6.42 Å². The van der Waals surface area contributed by atoms with E-state index < -0.39 is 35.8 Å². The number of Topliss-reactive ketones (excluding diaryl/α,β-unsaturated/α-hetero) is 1. The number of carbonyl (C=O) groups is 3. The van der Waals surface area contributed by atoms with Gasteiger partial charge < -0.3 is 14.9 Å². The zero-order chi connectivity index (χ0) is 15.1. The van der Waals surface area contributed by atoms with Crippen LogP contribution in [0.15, 0.2) is 11.3 Å². The van der Waals surface area contributed by atoms with Crippen molar-refractivity contribution in [3.63, 3.8) is 0 Å². The summed E-state index contributed by atoms with van der Waals surface area (Å²) in [6.07, 6.45) is 3.21. The number of cyclic esters (lactones) is 1. The van der Waals surface area contributed by atoms with E-state index >= 15 is 0 Å². The molecule has 112 valence electrons. The Kier molecular flexibility index (Phi) is 6.21. The molecule has 20 heavy (non-hydrogen) atoms. The third-order valence-electron chi connectivity index (χ3n) is 3.18. The van der Waals surface area contributed by atoms with Crippen LogP contribution in [0.4, 0.5) is 0 Å². The smallest absolute Gasteiger partial charge is 0.346 e. The van der Waals surface area contributed by atoms with Gasteiger partial charge in [-0.2, -0.15) is 0 Å². The number of aliphatic carboxylic acids is 1. The Balaban J connectivity index is 2.59. The first-order chi connectivity index (χ1) is 9.47. The Morgan fingerprint density at radius 2 is 1.85 bits per heavy atom. The van der Waals surface area contributed by atoms with Crippen LogP contribution in [0.5, 0.6) is 0 Å². The van der Waals surface area contributed by atoms with Crippen LogP contribution in [0.25, 0.3) is 0 Å². The number of allylic oxidation sites excluding steroid dienone is 1. The zero-order valence-electron chi connectivity index (χ0n) is 11.6. The molecular formula is C14H20O6. The molecule has 1 fully saturated rings. The van der Waals surface area contributed by atoms with E-state index in [1.807, 2.05) is 0 Å². The van der Waals surface area contributed by atoms with Gasteiger partial charge in [0.2, 0.25) is 6.10 Å². The van der Waals surface area contributed by atoms with Gasteiger partial charge in [-0.1, -0.05) is 32.6 Å². The van der Waals surface area contributed by atoms with Crippen LogP contribution in [-0.2, 0) is 19.1 Å². The monoisotopic (exact) mass is 284 g/mol. The van der Waals surface area contributed by atoms with Gasteiger partial charge in [-0.3, -0.25) is 4.79 Å². The number of carbonyl (C=O) groups excluding carboxylic acids is 2. The molecule has 0 aliphatic carbocycles.